The topological polar surface area (TPSA) is 99.3 Å². The average molecular weight is 361 g/mol. The van der Waals surface area contributed by atoms with Crippen molar-refractivity contribution in [2.45, 2.75) is 38.8 Å². The summed E-state index contributed by atoms with van der Waals surface area (Å²) in [5, 5.41) is 17.5. The SMILES string of the molecule is Cc1c(Br)c([N+](=O)[O-])nn1[C@H](C)C(=O)NC[C@H]1CCCO1. The first-order valence-electron chi connectivity index (χ1n) is 6.70. The molecule has 0 aromatic carbocycles. The molecule has 0 aliphatic carbocycles. The number of amides is 1. The Hall–Kier alpha value is -1.48. The van der Waals surface area contributed by atoms with E-state index >= 15 is 0 Å². The number of nitro groups is 1. The molecule has 0 bridgehead atoms. The summed E-state index contributed by atoms with van der Waals surface area (Å²) in [7, 11) is 0. The lowest BCUT2D eigenvalue weighted by Gasteiger charge is -2.14. The number of carbonyl (C=O) groups excluding carboxylic acids is 1. The Bertz CT molecular complexity index is 554. The number of halogens is 1. The quantitative estimate of drug-likeness (QED) is 0.636. The Morgan fingerprint density at radius 1 is 1.71 bits per heavy atom. The van der Waals surface area contributed by atoms with Crippen molar-refractivity contribution in [3.05, 3.63) is 20.3 Å². The highest BCUT2D eigenvalue weighted by atomic mass is 79.9. The maximum Gasteiger partial charge on any atom is 0.404 e. The van der Waals surface area contributed by atoms with Crippen molar-refractivity contribution in [3.63, 3.8) is 0 Å². The molecule has 0 unspecified atom stereocenters. The third kappa shape index (κ3) is 3.41. The molecule has 0 spiro atoms. The number of nitrogens with zero attached hydrogens (tertiary/aromatic N) is 3. The van der Waals surface area contributed by atoms with Crippen molar-refractivity contribution in [1.29, 1.82) is 0 Å². The van der Waals surface area contributed by atoms with E-state index in [1.807, 2.05) is 0 Å². The third-order valence-electron chi connectivity index (χ3n) is 3.51. The van der Waals surface area contributed by atoms with E-state index in [1.54, 1.807) is 13.8 Å². The van der Waals surface area contributed by atoms with E-state index < -0.39 is 11.0 Å². The minimum Gasteiger partial charge on any atom is -0.376 e. The van der Waals surface area contributed by atoms with Crippen molar-refractivity contribution in [1.82, 2.24) is 15.1 Å². The van der Waals surface area contributed by atoms with Gasteiger partial charge >= 0.3 is 5.82 Å². The van der Waals surface area contributed by atoms with Crippen molar-refractivity contribution in [2.75, 3.05) is 13.2 Å². The zero-order valence-electron chi connectivity index (χ0n) is 11.8. The highest BCUT2D eigenvalue weighted by Gasteiger charge is 2.29. The second-order valence-corrected chi connectivity index (χ2v) is 5.77. The van der Waals surface area contributed by atoms with E-state index in [4.69, 9.17) is 4.74 Å². The summed E-state index contributed by atoms with van der Waals surface area (Å²) in [5.74, 6) is -0.523. The molecular formula is C12H17BrN4O4. The first-order valence-corrected chi connectivity index (χ1v) is 7.49. The molecule has 1 amide bonds. The predicted octanol–water partition coefficient (Wildman–Crippen LogP) is 1.72. The molecule has 1 fully saturated rings. The second kappa shape index (κ2) is 6.52. The van der Waals surface area contributed by atoms with E-state index in [-0.39, 0.29) is 17.8 Å². The van der Waals surface area contributed by atoms with Gasteiger partial charge < -0.3 is 20.2 Å². The molecule has 9 heteroatoms. The van der Waals surface area contributed by atoms with Crippen LogP contribution in [-0.4, -0.2) is 39.9 Å². The van der Waals surface area contributed by atoms with Crippen LogP contribution in [-0.2, 0) is 9.53 Å². The van der Waals surface area contributed by atoms with Gasteiger partial charge in [0.25, 0.3) is 0 Å². The van der Waals surface area contributed by atoms with Crippen LogP contribution in [0.5, 0.6) is 0 Å². The lowest BCUT2D eigenvalue weighted by molar-refractivity contribution is -0.390. The maximum atomic E-state index is 12.1. The summed E-state index contributed by atoms with van der Waals surface area (Å²) < 4.78 is 7.08. The second-order valence-electron chi connectivity index (χ2n) is 4.98. The molecule has 1 N–H and O–H groups in total. The summed E-state index contributed by atoms with van der Waals surface area (Å²) in [6.07, 6.45) is 2.00. The average Bonchev–Trinajstić information content (AvgIpc) is 3.05. The first-order chi connectivity index (χ1) is 9.91. The fourth-order valence-electron chi connectivity index (χ4n) is 2.26. The van der Waals surface area contributed by atoms with Crippen LogP contribution in [0, 0.1) is 17.0 Å². The first kappa shape index (κ1) is 15.9. The number of aromatic nitrogens is 2. The van der Waals surface area contributed by atoms with Gasteiger partial charge in [0.1, 0.15) is 10.5 Å². The minimum atomic E-state index is -0.628. The van der Waals surface area contributed by atoms with Crippen LogP contribution < -0.4 is 5.32 Å². The number of nitrogens with one attached hydrogen (secondary N) is 1. The molecule has 1 aliphatic heterocycles. The molecule has 2 rings (SSSR count). The van der Waals surface area contributed by atoms with Gasteiger partial charge in [-0.3, -0.25) is 4.79 Å². The van der Waals surface area contributed by atoms with Gasteiger partial charge in [0, 0.05) is 13.2 Å². The number of hydrogen-bond donors (Lipinski definition) is 1. The van der Waals surface area contributed by atoms with Crippen LogP contribution in [0.15, 0.2) is 4.47 Å². The zero-order chi connectivity index (χ0) is 15.6. The molecule has 8 nitrogen and oxygen atoms in total. The van der Waals surface area contributed by atoms with E-state index in [9.17, 15) is 14.9 Å². The number of ether oxygens (including phenoxy) is 1. The van der Waals surface area contributed by atoms with Gasteiger partial charge in [-0.05, 0) is 47.5 Å². The summed E-state index contributed by atoms with van der Waals surface area (Å²) in [4.78, 5) is 22.4. The monoisotopic (exact) mass is 360 g/mol. The Morgan fingerprint density at radius 2 is 2.43 bits per heavy atom. The van der Waals surface area contributed by atoms with Crippen molar-refractivity contribution < 1.29 is 14.5 Å². The molecule has 2 heterocycles. The summed E-state index contributed by atoms with van der Waals surface area (Å²) in [5.41, 5.74) is 0.543. The minimum absolute atomic E-state index is 0.0564. The van der Waals surface area contributed by atoms with Gasteiger partial charge in [-0.25, -0.2) is 0 Å². The van der Waals surface area contributed by atoms with Gasteiger partial charge in [-0.15, -0.1) is 0 Å². The Balaban J connectivity index is 2.04. The van der Waals surface area contributed by atoms with Crippen molar-refractivity contribution in [3.8, 4) is 0 Å². The molecule has 0 saturated carbocycles. The van der Waals surface area contributed by atoms with E-state index in [2.05, 4.69) is 26.3 Å². The summed E-state index contributed by atoms with van der Waals surface area (Å²) in [6.45, 7) is 4.51. The zero-order valence-corrected chi connectivity index (χ0v) is 13.4. The Kier molecular flexibility index (Phi) is 4.94. The molecule has 0 radical (unpaired) electrons. The molecule has 21 heavy (non-hydrogen) atoms. The highest BCUT2D eigenvalue weighted by Crippen LogP contribution is 2.29. The smallest absolute Gasteiger partial charge is 0.376 e. The summed E-state index contributed by atoms with van der Waals surface area (Å²) >= 11 is 3.14. The van der Waals surface area contributed by atoms with Crippen LogP contribution in [0.1, 0.15) is 31.5 Å². The Labute approximate surface area is 130 Å². The molecular weight excluding hydrogens is 344 g/mol. The fraction of sp³-hybridized carbons (Fsp3) is 0.667. The summed E-state index contributed by atoms with van der Waals surface area (Å²) in [6, 6.07) is -0.628. The van der Waals surface area contributed by atoms with E-state index in [0.717, 1.165) is 19.4 Å². The molecule has 1 saturated heterocycles. The lowest BCUT2D eigenvalue weighted by atomic mass is 10.2. The van der Waals surface area contributed by atoms with E-state index in [0.29, 0.717) is 16.7 Å². The maximum absolute atomic E-state index is 12.1. The normalized spacial score (nSPS) is 19.5. The van der Waals surface area contributed by atoms with Crippen LogP contribution in [0.25, 0.3) is 0 Å². The lowest BCUT2D eigenvalue weighted by Crippen LogP contribution is -2.36. The molecule has 116 valence electrons. The van der Waals surface area contributed by atoms with Gasteiger partial charge in [-0.1, -0.05) is 0 Å². The van der Waals surface area contributed by atoms with Gasteiger partial charge in [0.2, 0.25) is 5.91 Å². The van der Waals surface area contributed by atoms with E-state index in [1.165, 1.54) is 4.68 Å². The standard InChI is InChI=1S/C12H17BrN4O4/c1-7-10(13)11(17(19)20)15-16(7)8(2)12(18)14-6-9-4-3-5-21-9/h8-9H,3-6H2,1-2H3,(H,14,18)/t8-,9-/m1/s1. The highest BCUT2D eigenvalue weighted by molar-refractivity contribution is 9.10. The van der Waals surface area contributed by atoms with Crippen molar-refractivity contribution >= 4 is 27.7 Å². The number of rotatable bonds is 5. The third-order valence-corrected chi connectivity index (χ3v) is 4.44. The molecule has 2 atom stereocenters. The van der Waals surface area contributed by atoms with Crippen LogP contribution in [0.3, 0.4) is 0 Å². The molecule has 1 aliphatic rings. The fourth-order valence-corrected chi connectivity index (χ4v) is 2.66. The van der Waals surface area contributed by atoms with Gasteiger partial charge in [0.15, 0.2) is 0 Å². The molecule has 1 aromatic rings. The van der Waals surface area contributed by atoms with Crippen molar-refractivity contribution in [2.24, 2.45) is 0 Å². The van der Waals surface area contributed by atoms with Crippen LogP contribution in [0.4, 0.5) is 5.82 Å². The Morgan fingerprint density at radius 3 is 2.95 bits per heavy atom. The van der Waals surface area contributed by atoms with Crippen LogP contribution in [0.2, 0.25) is 0 Å². The predicted molar refractivity (Wildman–Crippen MR) is 78.0 cm³/mol. The number of carbonyl (C=O) groups is 1. The number of hydrogen-bond acceptors (Lipinski definition) is 5. The largest absolute Gasteiger partial charge is 0.404 e. The van der Waals surface area contributed by atoms with Crippen LogP contribution >= 0.6 is 15.9 Å². The van der Waals surface area contributed by atoms with Gasteiger partial charge in [0.05, 0.1) is 16.9 Å². The molecule has 1 aromatic heterocycles. The van der Waals surface area contributed by atoms with Gasteiger partial charge in [-0.2, -0.15) is 4.68 Å².